The van der Waals surface area contributed by atoms with E-state index in [0.29, 0.717) is 6.04 Å². The molecular formula is C16H18N4S. The number of fused-ring (bicyclic) bond motifs is 1. The lowest BCUT2D eigenvalue weighted by molar-refractivity contribution is 0.675. The number of hydrogen-bond acceptors (Lipinski definition) is 5. The fourth-order valence-corrected chi connectivity index (χ4v) is 3.22. The first-order valence-electron chi connectivity index (χ1n) is 6.94. The SMILES string of the molecule is CC(C)N(Cc1cccc(N)c1)c1ncnc2ccsc12. The van der Waals surface area contributed by atoms with Gasteiger partial charge in [-0.05, 0) is 43.0 Å². The van der Waals surface area contributed by atoms with Gasteiger partial charge in [0, 0.05) is 18.3 Å². The van der Waals surface area contributed by atoms with Gasteiger partial charge in [-0.2, -0.15) is 0 Å². The molecule has 0 radical (unpaired) electrons. The number of rotatable bonds is 4. The number of benzene rings is 1. The smallest absolute Gasteiger partial charge is 0.150 e. The van der Waals surface area contributed by atoms with Gasteiger partial charge in [0.1, 0.15) is 6.33 Å². The lowest BCUT2D eigenvalue weighted by Gasteiger charge is -2.28. The molecule has 0 saturated heterocycles. The Labute approximate surface area is 128 Å². The molecule has 0 aliphatic rings. The summed E-state index contributed by atoms with van der Waals surface area (Å²) in [4.78, 5) is 11.1. The highest BCUT2D eigenvalue weighted by Crippen LogP contribution is 2.30. The summed E-state index contributed by atoms with van der Waals surface area (Å²) in [6.45, 7) is 5.13. The van der Waals surface area contributed by atoms with Gasteiger partial charge < -0.3 is 10.6 Å². The van der Waals surface area contributed by atoms with E-state index in [2.05, 4.69) is 40.2 Å². The van der Waals surface area contributed by atoms with Crippen molar-refractivity contribution >= 4 is 33.1 Å². The van der Waals surface area contributed by atoms with Crippen LogP contribution in [0.1, 0.15) is 19.4 Å². The Bertz CT molecular complexity index is 751. The summed E-state index contributed by atoms with van der Waals surface area (Å²) in [5, 5.41) is 2.06. The van der Waals surface area contributed by atoms with Crippen molar-refractivity contribution in [2.75, 3.05) is 10.6 Å². The Morgan fingerprint density at radius 3 is 2.86 bits per heavy atom. The van der Waals surface area contributed by atoms with E-state index < -0.39 is 0 Å². The second-order valence-electron chi connectivity index (χ2n) is 5.30. The average molecular weight is 298 g/mol. The highest BCUT2D eigenvalue weighted by Gasteiger charge is 2.16. The Kier molecular flexibility index (Phi) is 3.75. The molecule has 0 aliphatic carbocycles. The molecule has 2 aromatic heterocycles. The van der Waals surface area contributed by atoms with Crippen molar-refractivity contribution in [2.45, 2.75) is 26.4 Å². The van der Waals surface area contributed by atoms with Crippen LogP contribution in [0.5, 0.6) is 0 Å². The normalized spacial score (nSPS) is 11.2. The molecule has 0 atom stereocenters. The average Bonchev–Trinajstić information content (AvgIpc) is 2.93. The van der Waals surface area contributed by atoms with Gasteiger partial charge in [0.2, 0.25) is 0 Å². The van der Waals surface area contributed by atoms with E-state index in [0.717, 1.165) is 28.3 Å². The fourth-order valence-electron chi connectivity index (χ4n) is 2.37. The van der Waals surface area contributed by atoms with Crippen molar-refractivity contribution in [3.05, 3.63) is 47.6 Å². The molecule has 0 saturated carbocycles. The topological polar surface area (TPSA) is 55.0 Å². The predicted molar refractivity (Wildman–Crippen MR) is 89.6 cm³/mol. The Balaban J connectivity index is 2.00. The highest BCUT2D eigenvalue weighted by molar-refractivity contribution is 7.17. The lowest BCUT2D eigenvalue weighted by atomic mass is 10.1. The van der Waals surface area contributed by atoms with Gasteiger partial charge in [0.15, 0.2) is 5.82 Å². The number of nitrogen functional groups attached to an aromatic ring is 1. The minimum atomic E-state index is 0.339. The van der Waals surface area contributed by atoms with Crippen LogP contribution in [-0.4, -0.2) is 16.0 Å². The number of hydrogen-bond donors (Lipinski definition) is 1. The molecule has 5 heteroatoms. The molecule has 2 heterocycles. The van der Waals surface area contributed by atoms with E-state index in [1.54, 1.807) is 17.7 Å². The van der Waals surface area contributed by atoms with Crippen molar-refractivity contribution < 1.29 is 0 Å². The zero-order valence-electron chi connectivity index (χ0n) is 12.2. The second kappa shape index (κ2) is 5.69. The van der Waals surface area contributed by atoms with E-state index in [1.165, 1.54) is 5.56 Å². The number of aromatic nitrogens is 2. The maximum Gasteiger partial charge on any atom is 0.150 e. The maximum absolute atomic E-state index is 5.88. The molecule has 3 aromatic rings. The third-order valence-corrected chi connectivity index (χ3v) is 4.32. The van der Waals surface area contributed by atoms with Gasteiger partial charge >= 0.3 is 0 Å². The van der Waals surface area contributed by atoms with Crippen molar-refractivity contribution in [3.63, 3.8) is 0 Å². The van der Waals surface area contributed by atoms with Crippen LogP contribution < -0.4 is 10.6 Å². The molecule has 3 rings (SSSR count). The highest BCUT2D eigenvalue weighted by atomic mass is 32.1. The summed E-state index contributed by atoms with van der Waals surface area (Å²) in [6.07, 6.45) is 1.64. The van der Waals surface area contributed by atoms with Crippen LogP contribution in [0.2, 0.25) is 0 Å². The summed E-state index contributed by atoms with van der Waals surface area (Å²) in [5.41, 5.74) is 8.86. The molecule has 108 valence electrons. The van der Waals surface area contributed by atoms with Gasteiger partial charge in [0.25, 0.3) is 0 Å². The third-order valence-electron chi connectivity index (χ3n) is 3.42. The quantitative estimate of drug-likeness (QED) is 0.746. The first-order valence-corrected chi connectivity index (χ1v) is 7.82. The number of nitrogens with zero attached hydrogens (tertiary/aromatic N) is 3. The van der Waals surface area contributed by atoms with Crippen LogP contribution >= 0.6 is 11.3 Å². The van der Waals surface area contributed by atoms with E-state index in [1.807, 2.05) is 24.3 Å². The van der Waals surface area contributed by atoms with Gasteiger partial charge in [-0.3, -0.25) is 0 Å². The van der Waals surface area contributed by atoms with Crippen molar-refractivity contribution in [1.82, 2.24) is 9.97 Å². The monoisotopic (exact) mass is 298 g/mol. The number of anilines is 2. The summed E-state index contributed by atoms with van der Waals surface area (Å²) in [5.74, 6) is 0.993. The Morgan fingerprint density at radius 2 is 2.10 bits per heavy atom. The minimum absolute atomic E-state index is 0.339. The van der Waals surface area contributed by atoms with Crippen LogP contribution in [0.4, 0.5) is 11.5 Å². The van der Waals surface area contributed by atoms with E-state index in [4.69, 9.17) is 5.73 Å². The summed E-state index contributed by atoms with van der Waals surface area (Å²) < 4.78 is 1.13. The van der Waals surface area contributed by atoms with Gasteiger partial charge in [-0.1, -0.05) is 12.1 Å². The molecule has 0 bridgehead atoms. The van der Waals surface area contributed by atoms with Gasteiger partial charge in [0.05, 0.1) is 10.2 Å². The molecule has 1 aromatic carbocycles. The second-order valence-corrected chi connectivity index (χ2v) is 6.22. The Morgan fingerprint density at radius 1 is 1.24 bits per heavy atom. The zero-order chi connectivity index (χ0) is 14.8. The van der Waals surface area contributed by atoms with Crippen LogP contribution in [0.25, 0.3) is 10.2 Å². The molecule has 0 amide bonds. The van der Waals surface area contributed by atoms with Crippen LogP contribution in [0.3, 0.4) is 0 Å². The molecule has 21 heavy (non-hydrogen) atoms. The molecule has 0 fully saturated rings. The van der Waals surface area contributed by atoms with Crippen molar-refractivity contribution in [2.24, 2.45) is 0 Å². The van der Waals surface area contributed by atoms with E-state index >= 15 is 0 Å². The summed E-state index contributed by atoms with van der Waals surface area (Å²) in [7, 11) is 0. The minimum Gasteiger partial charge on any atom is -0.399 e. The zero-order valence-corrected chi connectivity index (χ0v) is 13.0. The van der Waals surface area contributed by atoms with Crippen LogP contribution in [0, 0.1) is 0 Å². The molecule has 4 nitrogen and oxygen atoms in total. The molecule has 2 N–H and O–H groups in total. The molecule has 0 unspecified atom stereocenters. The Hall–Kier alpha value is -2.14. The fraction of sp³-hybridized carbons (Fsp3) is 0.250. The van der Waals surface area contributed by atoms with E-state index in [-0.39, 0.29) is 0 Å². The number of thiophene rings is 1. The molecule has 0 aliphatic heterocycles. The largest absolute Gasteiger partial charge is 0.399 e. The van der Waals surface area contributed by atoms with Crippen LogP contribution in [0.15, 0.2) is 42.0 Å². The van der Waals surface area contributed by atoms with Crippen molar-refractivity contribution in [1.29, 1.82) is 0 Å². The van der Waals surface area contributed by atoms with E-state index in [9.17, 15) is 0 Å². The predicted octanol–water partition coefficient (Wildman–Crippen LogP) is 3.69. The third kappa shape index (κ3) is 2.83. The van der Waals surface area contributed by atoms with Crippen LogP contribution in [-0.2, 0) is 6.54 Å². The standard InChI is InChI=1S/C16H18N4S/c1-11(2)20(9-12-4-3-5-13(17)8-12)16-15-14(6-7-21-15)18-10-19-16/h3-8,10-11H,9,17H2,1-2H3. The molecule has 0 spiro atoms. The molecular weight excluding hydrogens is 280 g/mol. The van der Waals surface area contributed by atoms with Gasteiger partial charge in [-0.25, -0.2) is 9.97 Å². The first-order chi connectivity index (χ1) is 10.1. The number of nitrogens with two attached hydrogens (primary N) is 1. The maximum atomic E-state index is 5.88. The summed E-state index contributed by atoms with van der Waals surface area (Å²) >= 11 is 1.68. The summed E-state index contributed by atoms with van der Waals surface area (Å²) in [6, 6.07) is 10.4. The first kappa shape index (κ1) is 13.8. The van der Waals surface area contributed by atoms with Crippen molar-refractivity contribution in [3.8, 4) is 0 Å². The van der Waals surface area contributed by atoms with Gasteiger partial charge in [-0.15, -0.1) is 11.3 Å². The lowest BCUT2D eigenvalue weighted by Crippen LogP contribution is -2.31.